The zero-order chi connectivity index (χ0) is 21.6. The first-order valence-electron chi connectivity index (χ1n) is 10.3. The number of rotatable bonds is 7. The molecule has 1 heterocycles. The second kappa shape index (κ2) is 10.4. The van der Waals surface area contributed by atoms with E-state index in [4.69, 9.17) is 9.47 Å². The summed E-state index contributed by atoms with van der Waals surface area (Å²) >= 11 is 0. The fraction of sp³-hybridized carbons (Fsp3) is 0.682. The summed E-state index contributed by atoms with van der Waals surface area (Å²) in [6.45, 7) is 10.7. The molecule has 7 heteroatoms. The Morgan fingerprint density at radius 2 is 1.97 bits per heavy atom. The molecule has 164 valence electrons. The molecule has 1 aromatic carbocycles. The van der Waals surface area contributed by atoms with Gasteiger partial charge in [-0.3, -0.25) is 0 Å². The highest BCUT2D eigenvalue weighted by atomic mass is 19.1. The number of halogens is 1. The molecular weight excluding hydrogens is 375 g/mol. The number of alkyl carbamates (subject to hydrolysis) is 1. The summed E-state index contributed by atoms with van der Waals surface area (Å²) < 4.78 is 24.1. The molecule has 1 aliphatic rings. The lowest BCUT2D eigenvalue weighted by Gasteiger charge is -2.38. The Morgan fingerprint density at radius 3 is 2.59 bits per heavy atom. The van der Waals surface area contributed by atoms with E-state index in [9.17, 15) is 14.3 Å². The number of ether oxygens (including phenoxy) is 2. The molecule has 1 aliphatic heterocycles. The Kier molecular flexibility index (Phi) is 8.43. The molecule has 0 spiro atoms. The minimum Gasteiger partial charge on any atom is -0.444 e. The number of aliphatic hydroxyl groups is 1. The third kappa shape index (κ3) is 7.91. The van der Waals surface area contributed by atoms with Gasteiger partial charge in [-0.1, -0.05) is 12.1 Å². The molecule has 0 bridgehead atoms. The van der Waals surface area contributed by atoms with E-state index in [2.05, 4.69) is 10.6 Å². The van der Waals surface area contributed by atoms with Crippen molar-refractivity contribution in [1.29, 1.82) is 0 Å². The lowest BCUT2D eigenvalue weighted by atomic mass is 9.88. The van der Waals surface area contributed by atoms with Gasteiger partial charge in [0, 0.05) is 30.7 Å². The van der Waals surface area contributed by atoms with Gasteiger partial charge in [0.1, 0.15) is 11.4 Å². The molecule has 3 N–H and O–H groups in total. The van der Waals surface area contributed by atoms with Gasteiger partial charge in [0.15, 0.2) is 0 Å². The molecule has 0 aliphatic carbocycles. The van der Waals surface area contributed by atoms with Gasteiger partial charge in [0.2, 0.25) is 0 Å². The number of carbonyl (C=O) groups is 1. The fourth-order valence-electron chi connectivity index (χ4n) is 3.65. The summed E-state index contributed by atoms with van der Waals surface area (Å²) in [4.78, 5) is 12.1. The summed E-state index contributed by atoms with van der Waals surface area (Å²) in [5, 5.41) is 16.9. The van der Waals surface area contributed by atoms with Crippen LogP contribution in [0.25, 0.3) is 0 Å². The van der Waals surface area contributed by atoms with E-state index in [-0.39, 0.29) is 29.9 Å². The van der Waals surface area contributed by atoms with Gasteiger partial charge < -0.3 is 25.2 Å². The predicted molar refractivity (Wildman–Crippen MR) is 110 cm³/mol. The molecular formula is C22H35FN2O4. The van der Waals surface area contributed by atoms with E-state index in [1.54, 1.807) is 12.1 Å². The SMILES string of the molecule is CC(CC(O)c1ccc(F)cc1)NC1CCOCC1C(C)NC(=O)OC(C)(C)C. The lowest BCUT2D eigenvalue weighted by molar-refractivity contribution is 0.00900. The summed E-state index contributed by atoms with van der Waals surface area (Å²) in [5.74, 6) is -0.231. The zero-order valence-corrected chi connectivity index (χ0v) is 18.1. The molecule has 0 radical (unpaired) electrons. The van der Waals surface area contributed by atoms with Crippen LogP contribution in [0.2, 0.25) is 0 Å². The number of aliphatic hydroxyl groups excluding tert-OH is 1. The highest BCUT2D eigenvalue weighted by molar-refractivity contribution is 5.68. The summed E-state index contributed by atoms with van der Waals surface area (Å²) in [5.41, 5.74) is 0.152. The topological polar surface area (TPSA) is 79.8 Å². The molecule has 6 nitrogen and oxygen atoms in total. The van der Waals surface area contributed by atoms with Crippen molar-refractivity contribution in [3.8, 4) is 0 Å². The van der Waals surface area contributed by atoms with E-state index in [0.29, 0.717) is 25.2 Å². The Balaban J connectivity index is 1.90. The van der Waals surface area contributed by atoms with Gasteiger partial charge >= 0.3 is 6.09 Å². The van der Waals surface area contributed by atoms with Crippen LogP contribution in [0.3, 0.4) is 0 Å². The van der Waals surface area contributed by atoms with Gasteiger partial charge in [0.05, 0.1) is 12.7 Å². The van der Waals surface area contributed by atoms with Gasteiger partial charge in [-0.25, -0.2) is 9.18 Å². The van der Waals surface area contributed by atoms with Crippen LogP contribution in [0, 0.1) is 11.7 Å². The molecule has 0 saturated carbocycles. The molecule has 1 saturated heterocycles. The average molecular weight is 411 g/mol. The Labute approximate surface area is 173 Å². The maximum Gasteiger partial charge on any atom is 0.407 e. The third-order valence-corrected chi connectivity index (χ3v) is 5.12. The third-order valence-electron chi connectivity index (χ3n) is 5.12. The van der Waals surface area contributed by atoms with Crippen molar-refractivity contribution in [1.82, 2.24) is 10.6 Å². The Morgan fingerprint density at radius 1 is 1.31 bits per heavy atom. The number of carbonyl (C=O) groups excluding carboxylic acids is 1. The number of hydrogen-bond donors (Lipinski definition) is 3. The highest BCUT2D eigenvalue weighted by Crippen LogP contribution is 2.23. The lowest BCUT2D eigenvalue weighted by Crippen LogP contribution is -2.54. The van der Waals surface area contributed by atoms with E-state index in [1.807, 2.05) is 34.6 Å². The van der Waals surface area contributed by atoms with Crippen molar-refractivity contribution >= 4 is 6.09 Å². The summed E-state index contributed by atoms with van der Waals surface area (Å²) in [7, 11) is 0. The molecule has 5 unspecified atom stereocenters. The molecule has 1 aromatic rings. The number of nitrogens with one attached hydrogen (secondary N) is 2. The Hall–Kier alpha value is -1.70. The van der Waals surface area contributed by atoms with Crippen LogP contribution in [0.15, 0.2) is 24.3 Å². The van der Waals surface area contributed by atoms with Crippen molar-refractivity contribution in [3.63, 3.8) is 0 Å². The van der Waals surface area contributed by atoms with E-state index >= 15 is 0 Å². The largest absolute Gasteiger partial charge is 0.444 e. The first kappa shape index (κ1) is 23.6. The predicted octanol–water partition coefficient (Wildman–Crippen LogP) is 3.55. The van der Waals surface area contributed by atoms with E-state index < -0.39 is 17.8 Å². The molecule has 2 rings (SSSR count). The van der Waals surface area contributed by atoms with Crippen LogP contribution >= 0.6 is 0 Å². The van der Waals surface area contributed by atoms with Crippen molar-refractivity contribution in [2.45, 2.75) is 77.3 Å². The minimum absolute atomic E-state index is 0.0365. The van der Waals surface area contributed by atoms with Crippen LogP contribution < -0.4 is 10.6 Å². The average Bonchev–Trinajstić information content (AvgIpc) is 2.60. The quantitative estimate of drug-likeness (QED) is 0.641. The van der Waals surface area contributed by atoms with Crippen LogP contribution in [-0.2, 0) is 9.47 Å². The zero-order valence-electron chi connectivity index (χ0n) is 18.1. The van der Waals surface area contributed by atoms with Gasteiger partial charge in [-0.05, 0) is 65.2 Å². The number of amides is 1. The minimum atomic E-state index is -0.672. The highest BCUT2D eigenvalue weighted by Gasteiger charge is 2.33. The van der Waals surface area contributed by atoms with Crippen molar-refractivity contribution in [2.75, 3.05) is 13.2 Å². The maximum atomic E-state index is 13.1. The van der Waals surface area contributed by atoms with Crippen LogP contribution in [0.1, 0.15) is 59.1 Å². The standard InChI is InChI=1S/C22H35FN2O4/c1-14(12-20(26)16-6-8-17(23)9-7-16)24-19-10-11-28-13-18(19)15(2)25-21(27)29-22(3,4)5/h6-9,14-15,18-20,24,26H,10-13H2,1-5H3,(H,25,27). The fourth-order valence-corrected chi connectivity index (χ4v) is 3.65. The first-order valence-corrected chi connectivity index (χ1v) is 10.3. The van der Waals surface area contributed by atoms with Gasteiger partial charge in [-0.15, -0.1) is 0 Å². The molecule has 1 amide bonds. The van der Waals surface area contributed by atoms with Crippen molar-refractivity contribution in [2.24, 2.45) is 5.92 Å². The second-order valence-electron chi connectivity index (χ2n) is 8.94. The molecule has 1 fully saturated rings. The Bertz CT molecular complexity index is 647. The first-order chi connectivity index (χ1) is 13.5. The van der Waals surface area contributed by atoms with E-state index in [1.165, 1.54) is 12.1 Å². The van der Waals surface area contributed by atoms with Crippen molar-refractivity contribution in [3.05, 3.63) is 35.6 Å². The summed E-state index contributed by atoms with van der Waals surface area (Å²) in [6, 6.07) is 5.98. The summed E-state index contributed by atoms with van der Waals surface area (Å²) in [6.07, 6.45) is 0.216. The van der Waals surface area contributed by atoms with Gasteiger partial charge in [-0.2, -0.15) is 0 Å². The number of benzene rings is 1. The number of hydrogen-bond acceptors (Lipinski definition) is 5. The van der Waals surface area contributed by atoms with Crippen LogP contribution in [-0.4, -0.2) is 48.1 Å². The smallest absolute Gasteiger partial charge is 0.407 e. The van der Waals surface area contributed by atoms with Crippen LogP contribution in [0.5, 0.6) is 0 Å². The van der Waals surface area contributed by atoms with E-state index in [0.717, 1.165) is 6.42 Å². The van der Waals surface area contributed by atoms with Crippen LogP contribution in [0.4, 0.5) is 9.18 Å². The van der Waals surface area contributed by atoms with Crippen molar-refractivity contribution < 1.29 is 23.8 Å². The molecule has 29 heavy (non-hydrogen) atoms. The second-order valence-corrected chi connectivity index (χ2v) is 8.94. The normalized spacial score (nSPS) is 23.1. The molecule has 5 atom stereocenters. The molecule has 0 aromatic heterocycles. The maximum absolute atomic E-state index is 13.1. The van der Waals surface area contributed by atoms with Gasteiger partial charge in [0.25, 0.3) is 0 Å². The monoisotopic (exact) mass is 410 g/mol.